The quantitative estimate of drug-likeness (QED) is 0.703. The lowest BCUT2D eigenvalue weighted by Gasteiger charge is -2.08. The van der Waals surface area contributed by atoms with Gasteiger partial charge in [-0.15, -0.1) is 0 Å². The molecule has 2 N–H and O–H groups in total. The number of nitrogen functional groups attached to an aromatic ring is 1. The Hall–Kier alpha value is -1.83. The number of anilines is 1. The van der Waals surface area contributed by atoms with E-state index in [9.17, 15) is 4.39 Å². The molecule has 2 rings (SSSR count). The minimum atomic E-state index is -0.199. The summed E-state index contributed by atoms with van der Waals surface area (Å²) < 4.78 is 13.8. The second-order valence-corrected chi connectivity index (χ2v) is 3.52. The number of aryl methyl sites for hydroxylation is 1. The zero-order chi connectivity index (χ0) is 10.8. The highest BCUT2D eigenvalue weighted by Gasteiger charge is 2.08. The summed E-state index contributed by atoms with van der Waals surface area (Å²) in [5, 5.41) is 0. The van der Waals surface area contributed by atoms with Crippen LogP contribution in [0.5, 0.6) is 0 Å². The van der Waals surface area contributed by atoms with Crippen molar-refractivity contribution in [3.63, 3.8) is 0 Å². The van der Waals surface area contributed by atoms with Crippen molar-refractivity contribution < 1.29 is 4.39 Å². The molecule has 15 heavy (non-hydrogen) atoms. The van der Waals surface area contributed by atoms with E-state index in [-0.39, 0.29) is 5.82 Å². The molecular weight excluding hydrogens is 189 g/mol. The van der Waals surface area contributed by atoms with Crippen molar-refractivity contribution in [3.8, 4) is 11.1 Å². The number of hydrogen-bond acceptors (Lipinski definition) is 1. The highest BCUT2D eigenvalue weighted by molar-refractivity contribution is 5.76. The topological polar surface area (TPSA) is 26.0 Å². The van der Waals surface area contributed by atoms with Crippen molar-refractivity contribution in [1.29, 1.82) is 0 Å². The van der Waals surface area contributed by atoms with E-state index in [4.69, 9.17) is 5.73 Å². The molecule has 0 unspecified atom stereocenters. The standard InChI is InChI=1S/C13H12FN/c1-9-5-4-7-11(13(9)14)10-6-2-3-8-12(10)15/h2-8H,15H2,1H3. The molecule has 2 aromatic carbocycles. The normalized spacial score (nSPS) is 10.3. The molecule has 0 spiro atoms. The summed E-state index contributed by atoms with van der Waals surface area (Å²) >= 11 is 0. The first-order valence-electron chi connectivity index (χ1n) is 4.80. The monoisotopic (exact) mass is 201 g/mol. The second-order valence-electron chi connectivity index (χ2n) is 3.52. The predicted octanol–water partition coefficient (Wildman–Crippen LogP) is 3.38. The van der Waals surface area contributed by atoms with Crippen molar-refractivity contribution >= 4 is 5.69 Å². The van der Waals surface area contributed by atoms with E-state index in [0.717, 1.165) is 5.56 Å². The van der Waals surface area contributed by atoms with E-state index in [1.165, 1.54) is 0 Å². The van der Waals surface area contributed by atoms with E-state index >= 15 is 0 Å². The average molecular weight is 201 g/mol. The summed E-state index contributed by atoms with van der Waals surface area (Å²) in [6.45, 7) is 1.75. The van der Waals surface area contributed by atoms with E-state index in [1.807, 2.05) is 24.3 Å². The van der Waals surface area contributed by atoms with Gasteiger partial charge < -0.3 is 5.73 Å². The first-order valence-corrected chi connectivity index (χ1v) is 4.80. The Morgan fingerprint density at radius 1 is 0.933 bits per heavy atom. The Morgan fingerprint density at radius 3 is 2.33 bits per heavy atom. The van der Waals surface area contributed by atoms with E-state index in [2.05, 4.69) is 0 Å². The molecule has 76 valence electrons. The first kappa shape index (κ1) is 9.71. The van der Waals surface area contributed by atoms with Gasteiger partial charge in [-0.3, -0.25) is 0 Å². The Labute approximate surface area is 88.4 Å². The molecule has 0 radical (unpaired) electrons. The van der Waals surface area contributed by atoms with Crippen LogP contribution in [0.15, 0.2) is 42.5 Å². The molecule has 0 aliphatic carbocycles. The van der Waals surface area contributed by atoms with E-state index in [1.54, 1.807) is 25.1 Å². The van der Waals surface area contributed by atoms with Crippen LogP contribution in [0.25, 0.3) is 11.1 Å². The van der Waals surface area contributed by atoms with Crippen LogP contribution in [-0.2, 0) is 0 Å². The highest BCUT2D eigenvalue weighted by atomic mass is 19.1. The lowest BCUT2D eigenvalue weighted by Crippen LogP contribution is -1.93. The molecule has 0 bridgehead atoms. The lowest BCUT2D eigenvalue weighted by atomic mass is 10.0. The van der Waals surface area contributed by atoms with Gasteiger partial charge in [-0.05, 0) is 18.6 Å². The average Bonchev–Trinajstić information content (AvgIpc) is 2.23. The lowest BCUT2D eigenvalue weighted by molar-refractivity contribution is 0.622. The van der Waals surface area contributed by atoms with Crippen molar-refractivity contribution in [2.75, 3.05) is 5.73 Å². The fourth-order valence-corrected chi connectivity index (χ4v) is 1.60. The van der Waals surface area contributed by atoms with Gasteiger partial charge >= 0.3 is 0 Å². The van der Waals surface area contributed by atoms with Gasteiger partial charge in [-0.25, -0.2) is 4.39 Å². The Balaban J connectivity index is 2.65. The fourth-order valence-electron chi connectivity index (χ4n) is 1.60. The number of nitrogens with two attached hydrogens (primary N) is 1. The van der Waals surface area contributed by atoms with Gasteiger partial charge in [0.2, 0.25) is 0 Å². The van der Waals surface area contributed by atoms with Crippen LogP contribution in [0.4, 0.5) is 10.1 Å². The third-order valence-electron chi connectivity index (χ3n) is 2.44. The van der Waals surface area contributed by atoms with E-state index in [0.29, 0.717) is 16.8 Å². The molecule has 1 nitrogen and oxygen atoms in total. The third kappa shape index (κ3) is 1.71. The Morgan fingerprint density at radius 2 is 1.60 bits per heavy atom. The van der Waals surface area contributed by atoms with Crippen LogP contribution >= 0.6 is 0 Å². The molecule has 0 atom stereocenters. The smallest absolute Gasteiger partial charge is 0.134 e. The summed E-state index contributed by atoms with van der Waals surface area (Å²) in [5.41, 5.74) is 8.35. The molecule has 0 amide bonds. The number of benzene rings is 2. The van der Waals surface area contributed by atoms with Crippen LogP contribution < -0.4 is 5.73 Å². The molecule has 0 aliphatic heterocycles. The van der Waals surface area contributed by atoms with Gasteiger partial charge in [0, 0.05) is 16.8 Å². The summed E-state index contributed by atoms with van der Waals surface area (Å²) in [4.78, 5) is 0. The van der Waals surface area contributed by atoms with Crippen LogP contribution in [-0.4, -0.2) is 0 Å². The van der Waals surface area contributed by atoms with Crippen molar-refractivity contribution in [1.82, 2.24) is 0 Å². The zero-order valence-electron chi connectivity index (χ0n) is 8.50. The number of para-hydroxylation sites is 1. The molecule has 2 aromatic rings. The Bertz CT molecular complexity index is 492. The minimum Gasteiger partial charge on any atom is -0.398 e. The van der Waals surface area contributed by atoms with Gasteiger partial charge in [0.25, 0.3) is 0 Å². The molecule has 0 fully saturated rings. The van der Waals surface area contributed by atoms with Gasteiger partial charge in [0.15, 0.2) is 0 Å². The predicted molar refractivity (Wildman–Crippen MR) is 61.0 cm³/mol. The highest BCUT2D eigenvalue weighted by Crippen LogP contribution is 2.28. The molecule has 0 saturated carbocycles. The molecule has 0 aromatic heterocycles. The van der Waals surface area contributed by atoms with Crippen LogP contribution in [0, 0.1) is 12.7 Å². The minimum absolute atomic E-state index is 0.199. The maximum atomic E-state index is 13.8. The summed E-state index contributed by atoms with van der Waals surface area (Å²) in [6.07, 6.45) is 0. The van der Waals surface area contributed by atoms with Crippen LogP contribution in [0.3, 0.4) is 0 Å². The SMILES string of the molecule is Cc1cccc(-c2ccccc2N)c1F. The maximum absolute atomic E-state index is 13.8. The van der Waals surface area contributed by atoms with Gasteiger partial charge in [-0.1, -0.05) is 36.4 Å². The number of rotatable bonds is 1. The van der Waals surface area contributed by atoms with Gasteiger partial charge in [-0.2, -0.15) is 0 Å². The first-order chi connectivity index (χ1) is 7.20. The molecule has 0 heterocycles. The van der Waals surface area contributed by atoms with Gasteiger partial charge in [0.05, 0.1) is 0 Å². The van der Waals surface area contributed by atoms with Crippen LogP contribution in [0.1, 0.15) is 5.56 Å². The van der Waals surface area contributed by atoms with Crippen molar-refractivity contribution in [3.05, 3.63) is 53.8 Å². The zero-order valence-corrected chi connectivity index (χ0v) is 8.50. The second kappa shape index (κ2) is 3.73. The molecular formula is C13H12FN. The third-order valence-corrected chi connectivity index (χ3v) is 2.44. The summed E-state index contributed by atoms with van der Waals surface area (Å²) in [5.74, 6) is -0.199. The molecule has 0 saturated heterocycles. The van der Waals surface area contributed by atoms with Crippen molar-refractivity contribution in [2.45, 2.75) is 6.92 Å². The Kier molecular flexibility index (Phi) is 2.42. The number of halogens is 1. The summed E-state index contributed by atoms with van der Waals surface area (Å²) in [6, 6.07) is 12.6. The molecule has 0 aliphatic rings. The fraction of sp³-hybridized carbons (Fsp3) is 0.0769. The maximum Gasteiger partial charge on any atom is 0.134 e. The molecule has 2 heteroatoms. The number of hydrogen-bond donors (Lipinski definition) is 1. The van der Waals surface area contributed by atoms with E-state index < -0.39 is 0 Å². The van der Waals surface area contributed by atoms with Crippen molar-refractivity contribution in [2.24, 2.45) is 0 Å². The summed E-state index contributed by atoms with van der Waals surface area (Å²) in [7, 11) is 0. The van der Waals surface area contributed by atoms with Crippen LogP contribution in [0.2, 0.25) is 0 Å². The largest absolute Gasteiger partial charge is 0.398 e. The van der Waals surface area contributed by atoms with Gasteiger partial charge in [0.1, 0.15) is 5.82 Å².